The van der Waals surface area contributed by atoms with Gasteiger partial charge in [-0.3, -0.25) is 9.59 Å². The molecule has 4 rings (SSSR count). The van der Waals surface area contributed by atoms with E-state index in [4.69, 9.17) is 19.4 Å². The number of Topliss-reactive ketones (excluding diaryl/α,β-unsaturated/α-hetero) is 2. The number of hydrogen-bond acceptors (Lipinski definition) is 8. The number of hydrogen-bond donors (Lipinski definition) is 4. The Balaban J connectivity index is 0.000000589. The molecule has 30 heavy (non-hydrogen) atoms. The number of aliphatic hydroxyl groups excluding tert-OH is 1. The molecule has 166 valence electrons. The number of methoxy groups -OCH3 is 1. The normalized spacial score (nSPS) is 31.2. The van der Waals surface area contributed by atoms with Crippen LogP contribution in [0.5, 0.6) is 0 Å². The monoisotopic (exact) mass is 423 g/mol. The molecule has 0 aromatic rings. The maximum Gasteiger partial charge on any atom is 0.402 e. The molecule has 0 bridgehead atoms. The molecule has 0 saturated carbocycles. The van der Waals surface area contributed by atoms with Crippen LogP contribution in [0.4, 0.5) is 4.79 Å². The third kappa shape index (κ3) is 3.28. The predicted octanol–water partition coefficient (Wildman–Crippen LogP) is 0.117. The SMILES string of the molecule is CCCCCOC1=C(C)C(=O)C2=C(C1=O)C(CO)C1(OC)C3NC3CN21.NC(=O)O. The molecule has 3 aliphatic heterocycles. The number of amides is 1. The Morgan fingerprint density at radius 3 is 2.57 bits per heavy atom. The molecule has 0 radical (unpaired) electrons. The van der Waals surface area contributed by atoms with Gasteiger partial charge in [0.15, 0.2) is 11.5 Å². The Hall–Kier alpha value is -2.43. The van der Waals surface area contributed by atoms with Crippen molar-refractivity contribution in [1.82, 2.24) is 10.2 Å². The summed E-state index contributed by atoms with van der Waals surface area (Å²) in [6.45, 7) is 4.51. The summed E-state index contributed by atoms with van der Waals surface area (Å²) in [4.78, 5) is 37.0. The highest BCUT2D eigenvalue weighted by molar-refractivity contribution is 6.25. The summed E-state index contributed by atoms with van der Waals surface area (Å²) in [7, 11) is 1.58. The Morgan fingerprint density at radius 1 is 1.33 bits per heavy atom. The first-order valence-corrected chi connectivity index (χ1v) is 10.1. The number of rotatable bonds is 7. The fourth-order valence-corrected chi connectivity index (χ4v) is 4.82. The van der Waals surface area contributed by atoms with Gasteiger partial charge in [0.2, 0.25) is 11.6 Å². The lowest BCUT2D eigenvalue weighted by molar-refractivity contribution is -0.137. The van der Waals surface area contributed by atoms with Crippen molar-refractivity contribution in [2.75, 3.05) is 26.9 Å². The Bertz CT molecular complexity index is 817. The van der Waals surface area contributed by atoms with Crippen LogP contribution in [0.2, 0.25) is 0 Å². The Kier molecular flexibility index (Phi) is 6.21. The standard InChI is InChI=1S/C19H26N2O5.CH3NO2/c1-4-5-6-7-26-17-10(2)15(23)14-13(16(17)24)11(9-22)19(25-3)18-12(20-18)8-21(14)19;2-1(3)4/h11-12,18,20,22H,4-9H2,1-3H3;2H2,(H,3,4). The highest BCUT2D eigenvalue weighted by atomic mass is 16.5. The second-order valence-corrected chi connectivity index (χ2v) is 7.82. The van der Waals surface area contributed by atoms with Crippen LogP contribution in [0, 0.1) is 5.92 Å². The van der Waals surface area contributed by atoms with Gasteiger partial charge in [0.05, 0.1) is 30.9 Å². The fraction of sp³-hybridized carbons (Fsp3) is 0.650. The van der Waals surface area contributed by atoms with Crippen LogP contribution in [0.3, 0.4) is 0 Å². The Morgan fingerprint density at radius 2 is 2.00 bits per heavy atom. The molecule has 0 aromatic carbocycles. The van der Waals surface area contributed by atoms with Gasteiger partial charge in [-0.2, -0.15) is 0 Å². The number of unbranched alkanes of at least 4 members (excludes halogenated alkanes) is 2. The summed E-state index contributed by atoms with van der Waals surface area (Å²) in [5.74, 6) is -0.901. The van der Waals surface area contributed by atoms with Gasteiger partial charge in [0.1, 0.15) is 0 Å². The number of primary amides is 1. The predicted molar refractivity (Wildman–Crippen MR) is 105 cm³/mol. The van der Waals surface area contributed by atoms with E-state index in [1.54, 1.807) is 14.0 Å². The van der Waals surface area contributed by atoms with E-state index < -0.39 is 17.7 Å². The summed E-state index contributed by atoms with van der Waals surface area (Å²) in [5, 5.41) is 20.6. The number of aliphatic hydroxyl groups is 1. The van der Waals surface area contributed by atoms with Crippen molar-refractivity contribution in [3.8, 4) is 0 Å². The molecule has 4 atom stereocenters. The summed E-state index contributed by atoms with van der Waals surface area (Å²) >= 11 is 0. The van der Waals surface area contributed by atoms with Crippen molar-refractivity contribution in [3.63, 3.8) is 0 Å². The lowest BCUT2D eigenvalue weighted by Crippen LogP contribution is -2.54. The van der Waals surface area contributed by atoms with Crippen LogP contribution in [-0.2, 0) is 19.1 Å². The molecular weight excluding hydrogens is 394 g/mol. The fourth-order valence-electron chi connectivity index (χ4n) is 4.82. The first-order chi connectivity index (χ1) is 14.3. The van der Waals surface area contributed by atoms with E-state index in [0.717, 1.165) is 19.3 Å². The van der Waals surface area contributed by atoms with E-state index in [0.29, 0.717) is 30.0 Å². The summed E-state index contributed by atoms with van der Waals surface area (Å²) < 4.78 is 11.6. The topological polar surface area (TPSA) is 161 Å². The maximum absolute atomic E-state index is 13.2. The third-order valence-corrected chi connectivity index (χ3v) is 6.16. The van der Waals surface area contributed by atoms with Crippen molar-refractivity contribution in [1.29, 1.82) is 0 Å². The molecule has 0 spiro atoms. The zero-order valence-electron chi connectivity index (χ0n) is 17.4. The van der Waals surface area contributed by atoms with Gasteiger partial charge in [-0.15, -0.1) is 0 Å². The second kappa shape index (κ2) is 8.37. The summed E-state index contributed by atoms with van der Waals surface area (Å²) in [6.07, 6.45) is 1.57. The molecule has 1 amide bonds. The molecule has 10 nitrogen and oxygen atoms in total. The van der Waals surface area contributed by atoms with Crippen LogP contribution in [-0.4, -0.2) is 77.4 Å². The summed E-state index contributed by atoms with van der Waals surface area (Å²) in [5.41, 5.74) is 4.25. The van der Waals surface area contributed by atoms with Crippen molar-refractivity contribution >= 4 is 17.7 Å². The number of carboxylic acid groups (broad SMARTS) is 1. The highest BCUT2D eigenvalue weighted by Crippen LogP contribution is 2.55. The van der Waals surface area contributed by atoms with Crippen molar-refractivity contribution in [3.05, 3.63) is 22.6 Å². The van der Waals surface area contributed by atoms with E-state index in [9.17, 15) is 14.7 Å². The molecule has 2 saturated heterocycles. The number of fused-ring (bicyclic) bond motifs is 4. The van der Waals surface area contributed by atoms with Crippen molar-refractivity contribution in [2.24, 2.45) is 11.7 Å². The van der Waals surface area contributed by atoms with Gasteiger partial charge in [-0.25, -0.2) is 4.79 Å². The van der Waals surface area contributed by atoms with Gasteiger partial charge >= 0.3 is 6.09 Å². The van der Waals surface area contributed by atoms with Gasteiger partial charge in [0, 0.05) is 30.8 Å². The minimum absolute atomic E-state index is 0.0186. The van der Waals surface area contributed by atoms with E-state index in [1.165, 1.54) is 0 Å². The van der Waals surface area contributed by atoms with E-state index >= 15 is 0 Å². The smallest absolute Gasteiger partial charge is 0.402 e. The number of allylic oxidation sites excluding steroid dienone is 2. The lowest BCUT2D eigenvalue weighted by Gasteiger charge is -2.39. The third-order valence-electron chi connectivity index (χ3n) is 6.16. The number of ketones is 2. The van der Waals surface area contributed by atoms with Crippen molar-refractivity contribution < 1.29 is 34.1 Å². The van der Waals surface area contributed by atoms with Gasteiger partial charge in [0.25, 0.3) is 0 Å². The van der Waals surface area contributed by atoms with E-state index in [1.807, 2.05) is 4.90 Å². The van der Waals surface area contributed by atoms with Crippen LogP contribution in [0.1, 0.15) is 33.1 Å². The molecule has 0 aromatic heterocycles. The second-order valence-electron chi connectivity index (χ2n) is 7.82. The van der Waals surface area contributed by atoms with Gasteiger partial charge < -0.3 is 35.6 Å². The summed E-state index contributed by atoms with van der Waals surface area (Å²) in [6, 6.07) is 0.252. The maximum atomic E-state index is 13.2. The van der Waals surface area contributed by atoms with Gasteiger partial charge in [-0.1, -0.05) is 19.8 Å². The van der Waals surface area contributed by atoms with E-state index in [2.05, 4.69) is 18.0 Å². The largest absolute Gasteiger partial charge is 0.489 e. The Labute approximate surface area is 174 Å². The van der Waals surface area contributed by atoms with Crippen LogP contribution in [0.15, 0.2) is 22.6 Å². The number of nitrogens with two attached hydrogens (primary N) is 1. The average molecular weight is 423 g/mol. The quantitative estimate of drug-likeness (QED) is 0.253. The van der Waals surface area contributed by atoms with Crippen LogP contribution < -0.4 is 11.1 Å². The number of piperazine rings is 1. The average Bonchev–Trinajstić information content (AvgIpc) is 3.30. The number of carbonyl (C=O) groups is 3. The molecule has 1 aliphatic carbocycles. The zero-order chi connectivity index (χ0) is 22.2. The zero-order valence-corrected chi connectivity index (χ0v) is 17.4. The number of carbonyl (C=O) groups excluding carboxylic acids is 2. The van der Waals surface area contributed by atoms with Gasteiger partial charge in [-0.05, 0) is 13.3 Å². The minimum atomic E-state index is -1.33. The lowest BCUT2D eigenvalue weighted by atomic mass is 9.83. The number of ether oxygens (including phenoxy) is 2. The first kappa shape index (κ1) is 22.3. The molecule has 4 unspecified atom stereocenters. The minimum Gasteiger partial charge on any atom is -0.489 e. The molecule has 10 heteroatoms. The number of nitrogens with zero attached hydrogens (tertiary/aromatic N) is 1. The highest BCUT2D eigenvalue weighted by Gasteiger charge is 2.72. The number of nitrogens with one attached hydrogen (secondary N) is 1. The molecule has 4 aliphatic rings. The molecule has 2 fully saturated rings. The molecule has 5 N–H and O–H groups in total. The molecule has 3 heterocycles. The van der Waals surface area contributed by atoms with E-state index in [-0.39, 0.29) is 36.0 Å². The first-order valence-electron chi connectivity index (χ1n) is 10.1. The van der Waals surface area contributed by atoms with Crippen molar-refractivity contribution in [2.45, 2.75) is 50.9 Å². The van der Waals surface area contributed by atoms with Crippen LogP contribution in [0.25, 0.3) is 0 Å². The molecular formula is C20H29N3O7. The van der Waals surface area contributed by atoms with Crippen LogP contribution >= 0.6 is 0 Å².